The van der Waals surface area contributed by atoms with Crippen molar-refractivity contribution in [2.24, 2.45) is 4.99 Å². The van der Waals surface area contributed by atoms with E-state index < -0.39 is 0 Å². The second-order valence-corrected chi connectivity index (χ2v) is 5.43. The standard InChI is InChI=1S/C16H30N4O3/c1-3-17-16(18-10-5-9-15(22)23-4-2)19-11-7-13-20-12-6-8-14(20)21/h3-13H2,1-2H3,(H2,17,18,19). The van der Waals surface area contributed by atoms with Crippen LogP contribution in [0.1, 0.15) is 46.0 Å². The Hall–Kier alpha value is -1.79. The van der Waals surface area contributed by atoms with Crippen LogP contribution >= 0.6 is 0 Å². The Bertz CT molecular complexity index is 399. The van der Waals surface area contributed by atoms with Crippen LogP contribution in [0.3, 0.4) is 0 Å². The lowest BCUT2D eigenvalue weighted by Gasteiger charge is -2.15. The van der Waals surface area contributed by atoms with Crippen LogP contribution in [0, 0.1) is 0 Å². The van der Waals surface area contributed by atoms with Crippen molar-refractivity contribution in [3.05, 3.63) is 0 Å². The molecule has 0 unspecified atom stereocenters. The first kappa shape index (κ1) is 19.3. The summed E-state index contributed by atoms with van der Waals surface area (Å²) in [5.41, 5.74) is 0. The van der Waals surface area contributed by atoms with Crippen LogP contribution in [-0.4, -0.2) is 62.1 Å². The lowest BCUT2D eigenvalue weighted by Crippen LogP contribution is -2.38. The van der Waals surface area contributed by atoms with Crippen molar-refractivity contribution < 1.29 is 14.3 Å². The predicted molar refractivity (Wildman–Crippen MR) is 90.3 cm³/mol. The molecule has 0 saturated carbocycles. The maximum Gasteiger partial charge on any atom is 0.305 e. The number of carbonyl (C=O) groups is 2. The van der Waals surface area contributed by atoms with Crippen LogP contribution < -0.4 is 10.6 Å². The molecule has 0 aromatic carbocycles. The highest BCUT2D eigenvalue weighted by molar-refractivity contribution is 5.80. The maximum absolute atomic E-state index is 11.5. The predicted octanol–water partition coefficient (Wildman–Crippen LogP) is 0.897. The Labute approximate surface area is 138 Å². The van der Waals surface area contributed by atoms with Crippen LogP contribution in [0.2, 0.25) is 0 Å². The number of nitrogens with zero attached hydrogens (tertiary/aromatic N) is 2. The largest absolute Gasteiger partial charge is 0.466 e. The molecule has 2 N–H and O–H groups in total. The monoisotopic (exact) mass is 326 g/mol. The van der Waals surface area contributed by atoms with E-state index in [4.69, 9.17) is 4.74 Å². The Kier molecular flexibility index (Phi) is 9.83. The zero-order valence-corrected chi connectivity index (χ0v) is 14.4. The molecule has 1 aliphatic heterocycles. The van der Waals surface area contributed by atoms with Gasteiger partial charge in [-0.2, -0.15) is 0 Å². The minimum absolute atomic E-state index is 0.161. The molecule has 0 aliphatic carbocycles. The van der Waals surface area contributed by atoms with Gasteiger partial charge in [-0.25, -0.2) is 0 Å². The zero-order valence-electron chi connectivity index (χ0n) is 14.4. The number of aliphatic imine (C=N–C) groups is 1. The average Bonchev–Trinajstić information content (AvgIpc) is 2.93. The van der Waals surface area contributed by atoms with Crippen molar-refractivity contribution in [2.75, 3.05) is 39.3 Å². The van der Waals surface area contributed by atoms with Gasteiger partial charge in [0.25, 0.3) is 0 Å². The van der Waals surface area contributed by atoms with E-state index >= 15 is 0 Å². The molecule has 1 rings (SSSR count). The smallest absolute Gasteiger partial charge is 0.305 e. The first-order chi connectivity index (χ1) is 11.2. The number of hydrogen-bond acceptors (Lipinski definition) is 4. The molecule has 0 spiro atoms. The average molecular weight is 326 g/mol. The summed E-state index contributed by atoms with van der Waals surface area (Å²) in [5.74, 6) is 0.855. The summed E-state index contributed by atoms with van der Waals surface area (Å²) in [6.45, 7) is 8.05. The summed E-state index contributed by atoms with van der Waals surface area (Å²) in [6.07, 6.45) is 3.66. The quantitative estimate of drug-likeness (QED) is 0.270. The van der Waals surface area contributed by atoms with Gasteiger partial charge < -0.3 is 20.3 Å². The number of rotatable bonds is 10. The number of likely N-dealkylation sites (tertiary alicyclic amines) is 1. The fourth-order valence-corrected chi connectivity index (χ4v) is 2.41. The van der Waals surface area contributed by atoms with Crippen molar-refractivity contribution in [3.63, 3.8) is 0 Å². The van der Waals surface area contributed by atoms with Gasteiger partial charge in [0.15, 0.2) is 5.96 Å². The zero-order chi connectivity index (χ0) is 16.9. The topological polar surface area (TPSA) is 83.0 Å². The molecular weight excluding hydrogens is 296 g/mol. The van der Waals surface area contributed by atoms with Gasteiger partial charge in [-0.15, -0.1) is 0 Å². The van der Waals surface area contributed by atoms with E-state index in [0.717, 1.165) is 38.4 Å². The Morgan fingerprint density at radius 2 is 2.13 bits per heavy atom. The minimum Gasteiger partial charge on any atom is -0.466 e. The third-order valence-electron chi connectivity index (χ3n) is 3.53. The van der Waals surface area contributed by atoms with Gasteiger partial charge in [0.2, 0.25) is 5.91 Å². The number of amides is 1. The molecule has 0 aromatic heterocycles. The molecule has 1 heterocycles. The Morgan fingerprint density at radius 1 is 1.30 bits per heavy atom. The van der Waals surface area contributed by atoms with Gasteiger partial charge >= 0.3 is 5.97 Å². The summed E-state index contributed by atoms with van der Waals surface area (Å²) >= 11 is 0. The molecule has 1 amide bonds. The maximum atomic E-state index is 11.5. The third kappa shape index (κ3) is 8.42. The van der Waals surface area contributed by atoms with Gasteiger partial charge in [-0.1, -0.05) is 0 Å². The van der Waals surface area contributed by atoms with Crippen molar-refractivity contribution in [3.8, 4) is 0 Å². The molecule has 1 saturated heterocycles. The summed E-state index contributed by atoms with van der Waals surface area (Å²) in [5, 5.41) is 6.38. The van der Waals surface area contributed by atoms with Crippen LogP contribution in [0.25, 0.3) is 0 Å². The molecule has 0 aromatic rings. The van der Waals surface area contributed by atoms with E-state index in [0.29, 0.717) is 39.0 Å². The van der Waals surface area contributed by atoms with E-state index in [9.17, 15) is 9.59 Å². The molecule has 7 heteroatoms. The summed E-state index contributed by atoms with van der Waals surface area (Å²) in [7, 11) is 0. The van der Waals surface area contributed by atoms with Crippen molar-refractivity contribution in [1.82, 2.24) is 15.5 Å². The first-order valence-electron chi connectivity index (χ1n) is 8.63. The highest BCUT2D eigenvalue weighted by Crippen LogP contribution is 2.09. The van der Waals surface area contributed by atoms with Gasteiger partial charge in [0.05, 0.1) is 6.61 Å². The first-order valence-corrected chi connectivity index (χ1v) is 8.63. The van der Waals surface area contributed by atoms with Crippen LogP contribution in [0.5, 0.6) is 0 Å². The van der Waals surface area contributed by atoms with E-state index in [1.807, 2.05) is 18.7 Å². The molecule has 0 bridgehead atoms. The van der Waals surface area contributed by atoms with Gasteiger partial charge in [0.1, 0.15) is 0 Å². The second-order valence-electron chi connectivity index (χ2n) is 5.43. The summed E-state index contributed by atoms with van der Waals surface area (Å²) < 4.78 is 4.89. The lowest BCUT2D eigenvalue weighted by molar-refractivity contribution is -0.143. The summed E-state index contributed by atoms with van der Waals surface area (Å²) in [4.78, 5) is 29.2. The Morgan fingerprint density at radius 3 is 2.78 bits per heavy atom. The number of ether oxygens (including phenoxy) is 1. The van der Waals surface area contributed by atoms with Crippen molar-refractivity contribution in [1.29, 1.82) is 0 Å². The molecule has 1 fully saturated rings. The normalized spacial score (nSPS) is 15.0. The van der Waals surface area contributed by atoms with E-state index in [1.54, 1.807) is 0 Å². The third-order valence-corrected chi connectivity index (χ3v) is 3.53. The number of hydrogen-bond donors (Lipinski definition) is 2. The minimum atomic E-state index is -0.161. The highest BCUT2D eigenvalue weighted by Gasteiger charge is 2.18. The van der Waals surface area contributed by atoms with Gasteiger partial charge in [-0.3, -0.25) is 14.6 Å². The van der Waals surface area contributed by atoms with Crippen LogP contribution in [0.4, 0.5) is 0 Å². The van der Waals surface area contributed by atoms with E-state index in [-0.39, 0.29) is 11.9 Å². The van der Waals surface area contributed by atoms with Gasteiger partial charge in [-0.05, 0) is 33.1 Å². The number of guanidine groups is 1. The molecule has 132 valence electrons. The summed E-state index contributed by atoms with van der Waals surface area (Å²) in [6, 6.07) is 0. The second kappa shape index (κ2) is 11.7. The number of nitrogens with one attached hydrogen (secondary N) is 2. The Balaban J connectivity index is 2.19. The molecule has 0 atom stereocenters. The molecule has 23 heavy (non-hydrogen) atoms. The molecular formula is C16H30N4O3. The van der Waals surface area contributed by atoms with Crippen LogP contribution in [-0.2, 0) is 14.3 Å². The SMILES string of the molecule is CCNC(=NCCCN1CCCC1=O)NCCCC(=O)OCC. The lowest BCUT2D eigenvalue weighted by atomic mass is 10.3. The highest BCUT2D eigenvalue weighted by atomic mass is 16.5. The van der Waals surface area contributed by atoms with Crippen molar-refractivity contribution >= 4 is 17.8 Å². The van der Waals surface area contributed by atoms with Crippen LogP contribution in [0.15, 0.2) is 4.99 Å². The van der Waals surface area contributed by atoms with Crippen molar-refractivity contribution in [2.45, 2.75) is 46.0 Å². The number of esters is 1. The fourth-order valence-electron chi connectivity index (χ4n) is 2.41. The number of carbonyl (C=O) groups excluding carboxylic acids is 2. The fraction of sp³-hybridized carbons (Fsp3) is 0.812. The molecule has 7 nitrogen and oxygen atoms in total. The van der Waals surface area contributed by atoms with E-state index in [2.05, 4.69) is 15.6 Å². The molecule has 0 radical (unpaired) electrons. The molecule has 1 aliphatic rings. The van der Waals surface area contributed by atoms with Gasteiger partial charge in [0, 0.05) is 45.6 Å². The van der Waals surface area contributed by atoms with E-state index in [1.165, 1.54) is 0 Å².